The predicted molar refractivity (Wildman–Crippen MR) is 85.4 cm³/mol. The minimum atomic E-state index is -0.879. The smallest absolute Gasteiger partial charge is 0.349 e. The monoisotopic (exact) mass is 327 g/mol. The van der Waals surface area contributed by atoms with Gasteiger partial charge >= 0.3 is 5.97 Å². The molecule has 0 spiro atoms. The van der Waals surface area contributed by atoms with Crippen LogP contribution >= 0.6 is 0 Å². The summed E-state index contributed by atoms with van der Waals surface area (Å²) in [4.78, 5) is 24.9. The first-order valence-electron chi connectivity index (χ1n) is 7.05. The van der Waals surface area contributed by atoms with Crippen molar-refractivity contribution in [2.45, 2.75) is 6.42 Å². The minimum Gasteiger partial charge on any atom is -0.497 e. The zero-order valence-electron chi connectivity index (χ0n) is 13.5. The average molecular weight is 327 g/mol. The molecule has 0 radical (unpaired) electrons. The highest BCUT2D eigenvalue weighted by atomic mass is 16.5. The van der Waals surface area contributed by atoms with Crippen molar-refractivity contribution in [3.05, 3.63) is 35.4 Å². The van der Waals surface area contributed by atoms with Crippen LogP contribution in [-0.2, 0) is 14.3 Å². The lowest BCUT2D eigenvalue weighted by Gasteiger charge is -2.15. The Kier molecular flexibility index (Phi) is 7.53. The van der Waals surface area contributed by atoms with Crippen molar-refractivity contribution in [1.29, 1.82) is 10.5 Å². The lowest BCUT2D eigenvalue weighted by molar-refractivity contribution is -0.147. The zero-order chi connectivity index (χ0) is 17.9. The van der Waals surface area contributed by atoms with Crippen LogP contribution in [0.15, 0.2) is 29.8 Å². The van der Waals surface area contributed by atoms with Crippen molar-refractivity contribution in [3.8, 4) is 17.9 Å². The highest BCUT2D eigenvalue weighted by Crippen LogP contribution is 2.14. The van der Waals surface area contributed by atoms with Crippen LogP contribution in [0.3, 0.4) is 0 Å². The minimum absolute atomic E-state index is 0.191. The van der Waals surface area contributed by atoms with Gasteiger partial charge in [-0.3, -0.25) is 4.79 Å². The van der Waals surface area contributed by atoms with E-state index in [1.54, 1.807) is 30.3 Å². The maximum Gasteiger partial charge on any atom is 0.349 e. The van der Waals surface area contributed by atoms with E-state index in [4.69, 9.17) is 20.0 Å². The molecule has 0 atom stereocenters. The third-order valence-corrected chi connectivity index (χ3v) is 3.08. The number of nitrogens with zero attached hydrogens (tertiary/aromatic N) is 3. The summed E-state index contributed by atoms with van der Waals surface area (Å²) >= 11 is 0. The molecule has 0 fully saturated rings. The molecule has 1 aromatic carbocycles. The summed E-state index contributed by atoms with van der Waals surface area (Å²) < 4.78 is 9.87. The van der Waals surface area contributed by atoms with Crippen molar-refractivity contribution in [2.75, 3.05) is 27.3 Å². The van der Waals surface area contributed by atoms with E-state index in [-0.39, 0.29) is 18.5 Å². The molecule has 0 heterocycles. The highest BCUT2D eigenvalue weighted by molar-refractivity contribution is 5.98. The zero-order valence-corrected chi connectivity index (χ0v) is 13.5. The van der Waals surface area contributed by atoms with E-state index >= 15 is 0 Å². The molecule has 1 rings (SSSR count). The molecular formula is C17H17N3O4. The first-order valence-corrected chi connectivity index (χ1v) is 7.05. The number of esters is 1. The number of ether oxygens (including phenoxy) is 2. The Balaban J connectivity index is 2.66. The number of likely N-dealkylation sites (N-methyl/N-ethyl adjacent to an activating group) is 1. The van der Waals surface area contributed by atoms with Crippen LogP contribution in [0.25, 0.3) is 6.08 Å². The molecule has 0 saturated carbocycles. The Hall–Kier alpha value is -3.32. The molecule has 0 saturated heterocycles. The molecule has 0 N–H and O–H groups in total. The van der Waals surface area contributed by atoms with Gasteiger partial charge in [-0.15, -0.1) is 0 Å². The highest BCUT2D eigenvalue weighted by Gasteiger charge is 2.15. The van der Waals surface area contributed by atoms with E-state index in [0.717, 1.165) is 0 Å². The topological polar surface area (TPSA) is 103 Å². The molecule has 0 aliphatic rings. The fourth-order valence-corrected chi connectivity index (χ4v) is 1.66. The lowest BCUT2D eigenvalue weighted by atomic mass is 10.1. The maximum atomic E-state index is 11.9. The van der Waals surface area contributed by atoms with Crippen LogP contribution in [0.4, 0.5) is 0 Å². The Morgan fingerprint density at radius 1 is 1.25 bits per heavy atom. The Labute approximate surface area is 140 Å². The van der Waals surface area contributed by atoms with Gasteiger partial charge in [0.1, 0.15) is 17.4 Å². The van der Waals surface area contributed by atoms with Gasteiger partial charge in [0.2, 0.25) is 0 Å². The summed E-state index contributed by atoms with van der Waals surface area (Å²) in [6, 6.07) is 10.4. The number of carbonyl (C=O) groups is 2. The molecular weight excluding hydrogens is 310 g/mol. The molecule has 7 nitrogen and oxygen atoms in total. The molecule has 0 unspecified atom stereocenters. The van der Waals surface area contributed by atoms with Crippen LogP contribution in [0.1, 0.15) is 12.0 Å². The van der Waals surface area contributed by atoms with E-state index in [2.05, 4.69) is 0 Å². The summed E-state index contributed by atoms with van der Waals surface area (Å²) in [5.74, 6) is -0.671. The molecule has 0 aliphatic heterocycles. The van der Waals surface area contributed by atoms with Gasteiger partial charge in [0.05, 0.1) is 19.6 Å². The Morgan fingerprint density at radius 3 is 2.46 bits per heavy atom. The first kappa shape index (κ1) is 18.7. The Bertz CT molecular complexity index is 696. The van der Waals surface area contributed by atoms with Crippen LogP contribution in [0.5, 0.6) is 5.75 Å². The van der Waals surface area contributed by atoms with Gasteiger partial charge in [-0.25, -0.2) is 4.79 Å². The largest absolute Gasteiger partial charge is 0.497 e. The number of hydrogen-bond acceptors (Lipinski definition) is 6. The van der Waals surface area contributed by atoms with Gasteiger partial charge in [-0.2, -0.15) is 10.5 Å². The predicted octanol–water partition coefficient (Wildman–Crippen LogP) is 1.52. The van der Waals surface area contributed by atoms with Crippen LogP contribution in [0, 0.1) is 22.7 Å². The van der Waals surface area contributed by atoms with Gasteiger partial charge in [0.15, 0.2) is 6.61 Å². The average Bonchev–Trinajstić information content (AvgIpc) is 2.62. The number of methoxy groups -OCH3 is 1. The second-order valence-corrected chi connectivity index (χ2v) is 4.74. The number of hydrogen-bond donors (Lipinski definition) is 0. The number of benzene rings is 1. The molecule has 7 heteroatoms. The van der Waals surface area contributed by atoms with Crippen LogP contribution < -0.4 is 4.74 Å². The number of amides is 1. The van der Waals surface area contributed by atoms with Gasteiger partial charge in [0, 0.05) is 13.6 Å². The van der Waals surface area contributed by atoms with Crippen molar-refractivity contribution in [1.82, 2.24) is 4.90 Å². The van der Waals surface area contributed by atoms with Crippen molar-refractivity contribution < 1.29 is 19.1 Å². The molecule has 1 amide bonds. The van der Waals surface area contributed by atoms with Gasteiger partial charge in [-0.1, -0.05) is 12.1 Å². The van der Waals surface area contributed by atoms with Crippen LogP contribution in [-0.4, -0.2) is 44.1 Å². The molecule has 1 aromatic rings. The SMILES string of the molecule is COc1ccc(/C=C(\C#N)C(=O)OCC(=O)N(C)CCC#N)cc1. The van der Waals surface area contributed by atoms with E-state index in [0.29, 0.717) is 11.3 Å². The fourth-order valence-electron chi connectivity index (χ4n) is 1.66. The molecule has 0 aliphatic carbocycles. The quantitative estimate of drug-likeness (QED) is 0.427. The van der Waals surface area contributed by atoms with Gasteiger partial charge < -0.3 is 14.4 Å². The third-order valence-electron chi connectivity index (χ3n) is 3.08. The van der Waals surface area contributed by atoms with E-state index < -0.39 is 18.5 Å². The van der Waals surface area contributed by atoms with E-state index in [9.17, 15) is 9.59 Å². The summed E-state index contributed by atoms with van der Waals surface area (Å²) in [5, 5.41) is 17.5. The normalized spacial score (nSPS) is 10.2. The molecule has 0 bridgehead atoms. The standard InChI is InChI=1S/C17H17N3O4/c1-20(9-3-8-18)16(21)12-24-17(22)14(11-19)10-13-4-6-15(23-2)7-5-13/h4-7,10H,3,9,12H2,1-2H3/b14-10+. The molecule has 24 heavy (non-hydrogen) atoms. The third kappa shape index (κ3) is 5.82. The summed E-state index contributed by atoms with van der Waals surface area (Å²) in [6.45, 7) is -0.234. The Morgan fingerprint density at radius 2 is 1.92 bits per heavy atom. The first-order chi connectivity index (χ1) is 11.5. The summed E-state index contributed by atoms with van der Waals surface area (Å²) in [5.41, 5.74) is 0.411. The van der Waals surface area contributed by atoms with E-state index in [1.807, 2.05) is 6.07 Å². The number of carbonyl (C=O) groups excluding carboxylic acids is 2. The summed E-state index contributed by atoms with van der Waals surface area (Å²) in [7, 11) is 3.04. The second kappa shape index (κ2) is 9.65. The second-order valence-electron chi connectivity index (χ2n) is 4.74. The van der Waals surface area contributed by atoms with Crippen molar-refractivity contribution >= 4 is 18.0 Å². The van der Waals surface area contributed by atoms with Crippen molar-refractivity contribution in [3.63, 3.8) is 0 Å². The fraction of sp³-hybridized carbons (Fsp3) is 0.294. The lowest BCUT2D eigenvalue weighted by Crippen LogP contribution is -2.32. The maximum absolute atomic E-state index is 11.9. The number of nitriles is 2. The van der Waals surface area contributed by atoms with E-state index in [1.165, 1.54) is 25.1 Å². The van der Waals surface area contributed by atoms with Gasteiger partial charge in [-0.05, 0) is 23.8 Å². The van der Waals surface area contributed by atoms with Crippen molar-refractivity contribution in [2.24, 2.45) is 0 Å². The van der Waals surface area contributed by atoms with Gasteiger partial charge in [0.25, 0.3) is 5.91 Å². The molecule has 0 aromatic heterocycles. The number of rotatable bonds is 7. The summed E-state index contributed by atoms with van der Waals surface area (Å²) in [6.07, 6.45) is 1.56. The molecule has 124 valence electrons. The van der Waals surface area contributed by atoms with Crippen LogP contribution in [0.2, 0.25) is 0 Å².